The Morgan fingerprint density at radius 1 is 1.47 bits per heavy atom. The largest absolute Gasteiger partial charge is 0.461 e. The number of nitrogens with one attached hydrogen (secondary N) is 1. The van der Waals surface area contributed by atoms with Crippen LogP contribution in [0, 0.1) is 0 Å². The Labute approximate surface area is 116 Å². The Bertz CT molecular complexity index is 459. The van der Waals surface area contributed by atoms with E-state index in [1.54, 1.807) is 6.92 Å². The van der Waals surface area contributed by atoms with E-state index < -0.39 is 5.97 Å². The quantitative estimate of drug-likeness (QED) is 0.616. The van der Waals surface area contributed by atoms with E-state index in [2.05, 4.69) is 15.6 Å². The zero-order valence-corrected chi connectivity index (χ0v) is 11.9. The van der Waals surface area contributed by atoms with Gasteiger partial charge in [0.2, 0.25) is 5.91 Å². The van der Waals surface area contributed by atoms with Gasteiger partial charge in [-0.1, -0.05) is 5.21 Å². The molecule has 0 aliphatic rings. The molecule has 7 nitrogen and oxygen atoms in total. The third-order valence-corrected chi connectivity index (χ3v) is 2.43. The molecule has 0 bridgehead atoms. The van der Waals surface area contributed by atoms with Crippen molar-refractivity contribution in [3.8, 4) is 0 Å². The van der Waals surface area contributed by atoms with E-state index in [4.69, 9.17) is 16.3 Å². The topological polar surface area (TPSA) is 86.1 Å². The van der Waals surface area contributed by atoms with E-state index in [0.717, 1.165) is 0 Å². The van der Waals surface area contributed by atoms with Gasteiger partial charge in [-0.05, 0) is 20.8 Å². The van der Waals surface area contributed by atoms with Crippen LogP contribution in [0.3, 0.4) is 0 Å². The lowest BCUT2D eigenvalue weighted by Crippen LogP contribution is -2.33. The number of carbonyl (C=O) groups excluding carboxylic acids is 2. The van der Waals surface area contributed by atoms with Gasteiger partial charge in [0.1, 0.15) is 6.54 Å². The molecule has 1 aromatic heterocycles. The number of amides is 1. The van der Waals surface area contributed by atoms with Crippen molar-refractivity contribution in [2.75, 3.05) is 6.61 Å². The number of esters is 1. The lowest BCUT2D eigenvalue weighted by Gasteiger charge is -2.09. The van der Waals surface area contributed by atoms with Gasteiger partial charge < -0.3 is 10.1 Å². The molecule has 1 heterocycles. The molecule has 0 saturated heterocycles. The molecule has 0 atom stereocenters. The summed E-state index contributed by atoms with van der Waals surface area (Å²) in [4.78, 5) is 23.2. The first-order valence-electron chi connectivity index (χ1n) is 5.94. The highest BCUT2D eigenvalue weighted by Gasteiger charge is 2.21. The van der Waals surface area contributed by atoms with Gasteiger partial charge in [0, 0.05) is 6.04 Å². The molecular formula is C11H17ClN4O3. The summed E-state index contributed by atoms with van der Waals surface area (Å²) < 4.78 is 6.14. The monoisotopic (exact) mass is 288 g/mol. The molecule has 0 unspecified atom stereocenters. The Morgan fingerprint density at radius 3 is 2.68 bits per heavy atom. The second-order valence-electron chi connectivity index (χ2n) is 4.12. The molecule has 0 spiro atoms. The summed E-state index contributed by atoms with van der Waals surface area (Å²) in [7, 11) is 0. The minimum Gasteiger partial charge on any atom is -0.461 e. The van der Waals surface area contributed by atoms with Gasteiger partial charge in [0.05, 0.1) is 18.2 Å². The zero-order valence-electron chi connectivity index (χ0n) is 11.1. The molecule has 1 rings (SSSR count). The minimum absolute atomic E-state index is 0.0239. The van der Waals surface area contributed by atoms with Gasteiger partial charge in [-0.25, -0.2) is 9.48 Å². The second-order valence-corrected chi connectivity index (χ2v) is 4.39. The predicted molar refractivity (Wildman–Crippen MR) is 68.8 cm³/mol. The number of carbonyl (C=O) groups is 2. The Kier molecular flexibility index (Phi) is 5.75. The van der Waals surface area contributed by atoms with Crippen molar-refractivity contribution >= 4 is 23.5 Å². The molecule has 0 aliphatic heterocycles. The van der Waals surface area contributed by atoms with Gasteiger partial charge in [0.15, 0.2) is 5.69 Å². The smallest absolute Gasteiger partial charge is 0.360 e. The van der Waals surface area contributed by atoms with Crippen molar-refractivity contribution in [1.82, 2.24) is 20.3 Å². The summed E-state index contributed by atoms with van der Waals surface area (Å²) in [6.45, 7) is 5.60. The Morgan fingerprint density at radius 2 is 2.16 bits per heavy atom. The summed E-state index contributed by atoms with van der Waals surface area (Å²) in [6, 6.07) is 0.0278. The fourth-order valence-electron chi connectivity index (χ4n) is 1.45. The third-order valence-electron chi connectivity index (χ3n) is 2.18. The summed E-state index contributed by atoms with van der Waals surface area (Å²) in [6.07, 6.45) is 0. The van der Waals surface area contributed by atoms with Crippen LogP contribution in [0.25, 0.3) is 0 Å². The van der Waals surface area contributed by atoms with Crippen LogP contribution < -0.4 is 5.32 Å². The van der Waals surface area contributed by atoms with Crippen LogP contribution in [0.4, 0.5) is 0 Å². The normalized spacial score (nSPS) is 10.6. The first-order chi connectivity index (χ1) is 8.99. The Hall–Kier alpha value is -1.63. The van der Waals surface area contributed by atoms with Crippen LogP contribution in [-0.4, -0.2) is 39.5 Å². The average Bonchev–Trinajstić information content (AvgIpc) is 2.70. The lowest BCUT2D eigenvalue weighted by molar-refractivity contribution is -0.122. The van der Waals surface area contributed by atoms with Crippen LogP contribution in [0.1, 0.15) is 37.0 Å². The number of halogens is 1. The standard InChI is InChI=1S/C11H17ClN4O3/c1-4-19-11(18)10-8(5-12)16(15-14-10)6-9(17)13-7(2)3/h7H,4-6H2,1-3H3,(H,13,17). The molecule has 0 saturated carbocycles. The molecule has 0 fully saturated rings. The highest BCUT2D eigenvalue weighted by atomic mass is 35.5. The van der Waals surface area contributed by atoms with Gasteiger partial charge in [-0.2, -0.15) is 0 Å². The summed E-state index contributed by atoms with van der Waals surface area (Å²) in [5, 5.41) is 10.2. The van der Waals surface area contributed by atoms with Crippen LogP contribution in [0.2, 0.25) is 0 Å². The highest BCUT2D eigenvalue weighted by molar-refractivity contribution is 6.17. The molecular weight excluding hydrogens is 272 g/mol. The summed E-state index contributed by atoms with van der Waals surface area (Å²) in [5.41, 5.74) is 0.424. The summed E-state index contributed by atoms with van der Waals surface area (Å²) >= 11 is 5.77. The zero-order chi connectivity index (χ0) is 14.4. The van der Waals surface area contributed by atoms with Crippen molar-refractivity contribution in [3.05, 3.63) is 11.4 Å². The molecule has 106 valence electrons. The Balaban J connectivity index is 2.85. The van der Waals surface area contributed by atoms with Gasteiger partial charge >= 0.3 is 5.97 Å². The summed E-state index contributed by atoms with van der Waals surface area (Å²) in [5.74, 6) is -0.786. The number of aromatic nitrogens is 3. The maximum absolute atomic E-state index is 11.6. The number of alkyl halides is 1. The van der Waals surface area contributed by atoms with Crippen LogP contribution in [0.15, 0.2) is 0 Å². The molecule has 1 amide bonds. The highest BCUT2D eigenvalue weighted by Crippen LogP contribution is 2.10. The molecule has 0 radical (unpaired) electrons. The molecule has 0 aromatic carbocycles. The number of nitrogens with zero attached hydrogens (tertiary/aromatic N) is 3. The fraction of sp³-hybridized carbons (Fsp3) is 0.636. The molecule has 1 aromatic rings. The van der Waals surface area contributed by atoms with Crippen LogP contribution >= 0.6 is 11.6 Å². The van der Waals surface area contributed by atoms with Crippen molar-refractivity contribution in [3.63, 3.8) is 0 Å². The van der Waals surface area contributed by atoms with E-state index in [-0.39, 0.29) is 36.7 Å². The lowest BCUT2D eigenvalue weighted by atomic mass is 10.3. The van der Waals surface area contributed by atoms with Crippen molar-refractivity contribution in [2.24, 2.45) is 0 Å². The molecule has 1 N–H and O–H groups in total. The number of ether oxygens (including phenoxy) is 1. The molecule has 19 heavy (non-hydrogen) atoms. The van der Waals surface area contributed by atoms with Crippen molar-refractivity contribution < 1.29 is 14.3 Å². The van der Waals surface area contributed by atoms with E-state index in [9.17, 15) is 9.59 Å². The predicted octanol–water partition coefficient (Wildman–Crippen LogP) is 0.718. The number of hydrogen-bond acceptors (Lipinski definition) is 5. The van der Waals surface area contributed by atoms with Gasteiger partial charge in [0.25, 0.3) is 0 Å². The SMILES string of the molecule is CCOC(=O)c1nnn(CC(=O)NC(C)C)c1CCl. The maximum atomic E-state index is 11.6. The van der Waals surface area contributed by atoms with Crippen LogP contribution in [-0.2, 0) is 22.0 Å². The van der Waals surface area contributed by atoms with E-state index >= 15 is 0 Å². The van der Waals surface area contributed by atoms with E-state index in [1.165, 1.54) is 4.68 Å². The fourth-order valence-corrected chi connectivity index (χ4v) is 1.72. The van der Waals surface area contributed by atoms with Gasteiger partial charge in [-0.15, -0.1) is 16.7 Å². The van der Waals surface area contributed by atoms with Gasteiger partial charge in [-0.3, -0.25) is 4.79 Å². The number of rotatable bonds is 6. The molecule has 8 heteroatoms. The number of hydrogen-bond donors (Lipinski definition) is 1. The van der Waals surface area contributed by atoms with E-state index in [1.807, 2.05) is 13.8 Å². The van der Waals surface area contributed by atoms with Crippen molar-refractivity contribution in [2.45, 2.75) is 39.2 Å². The first kappa shape index (κ1) is 15.4. The first-order valence-corrected chi connectivity index (χ1v) is 6.47. The second kappa shape index (κ2) is 7.08. The van der Waals surface area contributed by atoms with Crippen LogP contribution in [0.5, 0.6) is 0 Å². The molecule has 0 aliphatic carbocycles. The maximum Gasteiger partial charge on any atom is 0.360 e. The minimum atomic E-state index is -0.589. The average molecular weight is 289 g/mol. The third kappa shape index (κ3) is 4.20. The van der Waals surface area contributed by atoms with Crippen molar-refractivity contribution in [1.29, 1.82) is 0 Å². The van der Waals surface area contributed by atoms with E-state index in [0.29, 0.717) is 5.69 Å².